The fraction of sp³-hybridized carbons (Fsp3) is 0.600. The summed E-state index contributed by atoms with van der Waals surface area (Å²) in [7, 11) is 1.81. The van der Waals surface area contributed by atoms with E-state index in [1.807, 2.05) is 7.05 Å². The van der Waals surface area contributed by atoms with Crippen LogP contribution in [0.2, 0.25) is 0 Å². The molecule has 0 bridgehead atoms. The molecule has 2 N–H and O–H groups in total. The zero-order valence-electron chi connectivity index (χ0n) is 9.34. The molecule has 1 heterocycles. The lowest BCUT2D eigenvalue weighted by Crippen LogP contribution is -2.18. The van der Waals surface area contributed by atoms with Gasteiger partial charge in [0.15, 0.2) is 0 Å². The topological polar surface area (TPSA) is 49.8 Å². The lowest BCUT2D eigenvalue weighted by Gasteiger charge is -2.16. The number of hydrogen-bond acceptors (Lipinski definition) is 4. The molecule has 0 unspecified atom stereocenters. The average Bonchev–Trinajstić information content (AvgIpc) is 2.28. The third-order valence-corrected chi connectivity index (χ3v) is 2.87. The van der Waals surface area contributed by atoms with Gasteiger partial charge in [-0.2, -0.15) is 4.98 Å². The summed E-state index contributed by atoms with van der Waals surface area (Å²) >= 11 is 3.43. The second-order valence-electron chi connectivity index (χ2n) is 3.30. The Bertz CT molecular complexity index is 312. The molecule has 0 aliphatic rings. The van der Waals surface area contributed by atoms with Crippen molar-refractivity contribution in [2.45, 2.75) is 32.7 Å². The number of halogens is 1. The first kappa shape index (κ1) is 12.2. The summed E-state index contributed by atoms with van der Waals surface area (Å²) in [4.78, 5) is 8.45. The maximum atomic E-state index is 4.35. The maximum Gasteiger partial charge on any atom is 0.224 e. The summed E-state index contributed by atoms with van der Waals surface area (Å²) in [6.07, 6.45) is 3.92. The minimum absolute atomic E-state index is 0.459. The summed E-state index contributed by atoms with van der Waals surface area (Å²) < 4.78 is 0.897. The number of rotatable bonds is 5. The van der Waals surface area contributed by atoms with Gasteiger partial charge in [0.1, 0.15) is 5.82 Å². The van der Waals surface area contributed by atoms with Crippen molar-refractivity contribution in [3.63, 3.8) is 0 Å². The van der Waals surface area contributed by atoms with E-state index in [0.29, 0.717) is 12.0 Å². The summed E-state index contributed by atoms with van der Waals surface area (Å²) in [5.41, 5.74) is 0. The molecule has 1 rings (SSSR count). The summed E-state index contributed by atoms with van der Waals surface area (Å²) in [5, 5.41) is 6.30. The Balaban J connectivity index is 2.82. The van der Waals surface area contributed by atoms with E-state index < -0.39 is 0 Å². The smallest absolute Gasteiger partial charge is 0.224 e. The molecule has 84 valence electrons. The van der Waals surface area contributed by atoms with Crippen LogP contribution in [0.1, 0.15) is 26.7 Å². The van der Waals surface area contributed by atoms with Gasteiger partial charge >= 0.3 is 0 Å². The third-order valence-electron chi connectivity index (χ3n) is 2.29. The van der Waals surface area contributed by atoms with Crippen molar-refractivity contribution in [2.24, 2.45) is 0 Å². The van der Waals surface area contributed by atoms with Crippen LogP contribution in [0.3, 0.4) is 0 Å². The molecule has 5 heteroatoms. The van der Waals surface area contributed by atoms with Gasteiger partial charge in [0.25, 0.3) is 0 Å². The Labute approximate surface area is 99.0 Å². The molecule has 0 amide bonds. The number of hydrogen-bond donors (Lipinski definition) is 2. The van der Waals surface area contributed by atoms with Gasteiger partial charge in [-0.25, -0.2) is 4.98 Å². The van der Waals surface area contributed by atoms with Gasteiger partial charge < -0.3 is 10.6 Å². The van der Waals surface area contributed by atoms with Crippen molar-refractivity contribution in [3.8, 4) is 0 Å². The van der Waals surface area contributed by atoms with Crippen LogP contribution in [0.5, 0.6) is 0 Å². The highest BCUT2D eigenvalue weighted by atomic mass is 79.9. The average molecular weight is 273 g/mol. The van der Waals surface area contributed by atoms with Crippen molar-refractivity contribution in [2.75, 3.05) is 17.7 Å². The highest BCUT2D eigenvalue weighted by Crippen LogP contribution is 2.21. The second kappa shape index (κ2) is 5.90. The Morgan fingerprint density at radius 1 is 1.40 bits per heavy atom. The van der Waals surface area contributed by atoms with Gasteiger partial charge in [-0.05, 0) is 28.8 Å². The van der Waals surface area contributed by atoms with E-state index >= 15 is 0 Å². The standard InChI is InChI=1S/C10H17BrN4/c1-4-7(5-2)14-9-8(11)6-13-10(12-3)15-9/h6-7H,4-5H2,1-3H3,(H2,12,13,14,15). The third kappa shape index (κ3) is 3.34. The molecule has 0 saturated carbocycles. The SMILES string of the molecule is CCC(CC)Nc1nc(NC)ncc1Br. The highest BCUT2D eigenvalue weighted by Gasteiger charge is 2.08. The van der Waals surface area contributed by atoms with Crippen molar-refractivity contribution >= 4 is 27.7 Å². The lowest BCUT2D eigenvalue weighted by atomic mass is 10.2. The van der Waals surface area contributed by atoms with E-state index in [-0.39, 0.29) is 0 Å². The number of aromatic nitrogens is 2. The molecule has 0 atom stereocenters. The van der Waals surface area contributed by atoms with Gasteiger partial charge in [-0.3, -0.25) is 0 Å². The van der Waals surface area contributed by atoms with E-state index in [2.05, 4.69) is 50.4 Å². The molecule has 0 aliphatic carbocycles. The van der Waals surface area contributed by atoms with Crippen molar-refractivity contribution in [1.82, 2.24) is 9.97 Å². The minimum atomic E-state index is 0.459. The minimum Gasteiger partial charge on any atom is -0.366 e. The van der Waals surface area contributed by atoms with E-state index in [9.17, 15) is 0 Å². The molecule has 0 aliphatic heterocycles. The zero-order chi connectivity index (χ0) is 11.3. The normalized spacial score (nSPS) is 10.5. The van der Waals surface area contributed by atoms with E-state index in [1.165, 1.54) is 0 Å². The quantitative estimate of drug-likeness (QED) is 0.866. The Kier molecular flexibility index (Phi) is 4.81. The van der Waals surface area contributed by atoms with Gasteiger partial charge in [0, 0.05) is 19.3 Å². The van der Waals surface area contributed by atoms with Crippen LogP contribution < -0.4 is 10.6 Å². The lowest BCUT2D eigenvalue weighted by molar-refractivity contribution is 0.668. The zero-order valence-corrected chi connectivity index (χ0v) is 10.9. The first-order chi connectivity index (χ1) is 7.21. The van der Waals surface area contributed by atoms with Gasteiger partial charge in [-0.1, -0.05) is 13.8 Å². The largest absolute Gasteiger partial charge is 0.366 e. The molecule has 0 radical (unpaired) electrons. The Morgan fingerprint density at radius 3 is 2.60 bits per heavy atom. The van der Waals surface area contributed by atoms with Crippen LogP contribution >= 0.6 is 15.9 Å². The molecule has 4 nitrogen and oxygen atoms in total. The van der Waals surface area contributed by atoms with E-state index in [0.717, 1.165) is 23.1 Å². The van der Waals surface area contributed by atoms with Gasteiger partial charge in [0.2, 0.25) is 5.95 Å². The predicted octanol–water partition coefficient (Wildman–Crippen LogP) is 2.88. The molecule has 0 fully saturated rings. The first-order valence-corrected chi connectivity index (χ1v) is 5.97. The van der Waals surface area contributed by atoms with Crippen LogP contribution in [0.25, 0.3) is 0 Å². The number of anilines is 2. The fourth-order valence-corrected chi connectivity index (χ4v) is 1.58. The van der Waals surface area contributed by atoms with Crippen LogP contribution in [-0.4, -0.2) is 23.1 Å². The van der Waals surface area contributed by atoms with Crippen molar-refractivity contribution in [1.29, 1.82) is 0 Å². The summed E-state index contributed by atoms with van der Waals surface area (Å²) in [5.74, 6) is 1.48. The summed E-state index contributed by atoms with van der Waals surface area (Å²) in [6.45, 7) is 4.32. The van der Waals surface area contributed by atoms with E-state index in [4.69, 9.17) is 0 Å². The summed E-state index contributed by atoms with van der Waals surface area (Å²) in [6, 6.07) is 0.459. The maximum absolute atomic E-state index is 4.35. The first-order valence-electron chi connectivity index (χ1n) is 5.18. The molecule has 0 saturated heterocycles. The molecular formula is C10H17BrN4. The number of nitrogens with one attached hydrogen (secondary N) is 2. The molecule has 0 spiro atoms. The van der Waals surface area contributed by atoms with Gasteiger partial charge in [-0.15, -0.1) is 0 Å². The Morgan fingerprint density at radius 2 is 2.07 bits per heavy atom. The molecule has 1 aromatic rings. The molecule has 0 aromatic carbocycles. The molecule has 1 aromatic heterocycles. The monoisotopic (exact) mass is 272 g/mol. The van der Waals surface area contributed by atoms with Crippen LogP contribution in [0.4, 0.5) is 11.8 Å². The fourth-order valence-electron chi connectivity index (χ4n) is 1.27. The highest BCUT2D eigenvalue weighted by molar-refractivity contribution is 9.10. The van der Waals surface area contributed by atoms with Crippen molar-refractivity contribution < 1.29 is 0 Å². The molecular weight excluding hydrogens is 256 g/mol. The number of nitrogens with zero attached hydrogens (tertiary/aromatic N) is 2. The van der Waals surface area contributed by atoms with Crippen molar-refractivity contribution in [3.05, 3.63) is 10.7 Å². The molecule has 15 heavy (non-hydrogen) atoms. The van der Waals surface area contributed by atoms with E-state index in [1.54, 1.807) is 6.20 Å². The Hall–Kier alpha value is -0.840. The second-order valence-corrected chi connectivity index (χ2v) is 4.15. The van der Waals surface area contributed by atoms with Gasteiger partial charge in [0.05, 0.1) is 4.47 Å². The van der Waals surface area contributed by atoms with Crippen LogP contribution in [-0.2, 0) is 0 Å². The predicted molar refractivity (Wildman–Crippen MR) is 67.3 cm³/mol. The van der Waals surface area contributed by atoms with Crippen LogP contribution in [0.15, 0.2) is 10.7 Å². The van der Waals surface area contributed by atoms with Crippen LogP contribution in [0, 0.1) is 0 Å².